The molecule has 2 fully saturated rings. The van der Waals surface area contributed by atoms with Crippen LogP contribution in [0.15, 0.2) is 145 Å². The number of ketones is 2. The summed E-state index contributed by atoms with van der Waals surface area (Å²) in [5.74, 6) is 5.97. The number of rotatable bonds is 10. The van der Waals surface area contributed by atoms with Crippen LogP contribution in [0.25, 0.3) is 10.8 Å². The first-order valence-electron chi connectivity index (χ1n) is 35.1. The first-order valence-corrected chi connectivity index (χ1v) is 35.1. The molecule has 6 aromatic carbocycles. The molecule has 14 heteroatoms. The van der Waals surface area contributed by atoms with E-state index in [1.807, 2.05) is 60.8 Å². The number of methoxy groups -OCH3 is 1. The molecule has 0 radical (unpaired) electrons. The van der Waals surface area contributed by atoms with Crippen LogP contribution in [-0.2, 0) is 48.3 Å². The lowest BCUT2D eigenvalue weighted by atomic mass is 9.68. The fourth-order valence-electron chi connectivity index (χ4n) is 16.8. The number of carbonyl (C=O) groups is 2. The zero-order valence-corrected chi connectivity index (χ0v) is 56.0. The molecule has 3 aliphatic carbocycles. The van der Waals surface area contributed by atoms with Gasteiger partial charge in [0.1, 0.15) is 17.3 Å². The second-order valence-corrected chi connectivity index (χ2v) is 28.5. The summed E-state index contributed by atoms with van der Waals surface area (Å²) in [6.07, 6.45) is 11.1. The number of ether oxygens (including phenoxy) is 1. The van der Waals surface area contributed by atoms with E-state index in [4.69, 9.17) is 4.74 Å². The molecule has 96 heavy (non-hydrogen) atoms. The third-order valence-electron chi connectivity index (χ3n) is 22.1. The van der Waals surface area contributed by atoms with Gasteiger partial charge in [-0.25, -0.2) is 0 Å². The first-order chi connectivity index (χ1) is 46.5. The van der Waals surface area contributed by atoms with Gasteiger partial charge in [-0.1, -0.05) is 124 Å². The molecule has 5 aliphatic rings. The fraction of sp³-hybridized carbons (Fsp3) is 0.439. The SMILES string of the molecule is CCCC1C(O)Cc2cc(c[nH]2)C(C)CNCC(O)Cc2ccc3cc(Cc4ccccc4)c(cc3c2O)NC2=CC(=CCN2)CC2CC3C#CC(c4ccccc4C4CCC(Cc5cccc(O)c5CO)C(C)C4)c4cc(O)c(OC)cc4CCC(=O)C(O)C(=O)C3CC1C2. The average Bonchev–Trinajstić information content (AvgIpc) is 0.861. The minimum absolute atomic E-state index is 0.0615. The third kappa shape index (κ3) is 15.3. The Labute approximate surface area is 565 Å². The number of hydrogen-bond acceptors (Lipinski definition) is 13. The summed E-state index contributed by atoms with van der Waals surface area (Å²) in [5.41, 5.74) is 11.8. The van der Waals surface area contributed by atoms with Crippen molar-refractivity contribution >= 4 is 28.0 Å². The van der Waals surface area contributed by atoms with Crippen molar-refractivity contribution in [1.29, 1.82) is 0 Å². The summed E-state index contributed by atoms with van der Waals surface area (Å²) < 4.78 is 5.71. The van der Waals surface area contributed by atoms with Gasteiger partial charge < -0.3 is 61.4 Å². The van der Waals surface area contributed by atoms with Gasteiger partial charge in [-0.15, -0.1) is 0 Å². The highest BCUT2D eigenvalue weighted by molar-refractivity contribution is 6.06. The number of H-pyrrole nitrogens is 1. The molecule has 0 spiro atoms. The second kappa shape index (κ2) is 30.5. The number of phenolic OH excluding ortho intramolecular Hbond substituents is 2. The lowest BCUT2D eigenvalue weighted by molar-refractivity contribution is -0.142. The maximum atomic E-state index is 15.6. The Balaban J connectivity index is 0.956. The predicted octanol–water partition coefficient (Wildman–Crippen LogP) is 12.9. The van der Waals surface area contributed by atoms with Gasteiger partial charge in [0.25, 0.3) is 0 Å². The maximum Gasteiger partial charge on any atom is 0.173 e. The van der Waals surface area contributed by atoms with Crippen LogP contribution in [0.5, 0.6) is 23.0 Å². The number of carbonyl (C=O) groups excluding carboxylic acids is 2. The largest absolute Gasteiger partial charge is 0.508 e. The topological polar surface area (TPSA) is 237 Å². The number of aliphatic hydroxyl groups excluding tert-OH is 4. The van der Waals surface area contributed by atoms with E-state index >= 15 is 4.79 Å². The Morgan fingerprint density at radius 1 is 0.740 bits per heavy atom. The van der Waals surface area contributed by atoms with Crippen molar-refractivity contribution in [1.82, 2.24) is 15.6 Å². The van der Waals surface area contributed by atoms with Gasteiger partial charge in [0, 0.05) is 79.3 Å². The van der Waals surface area contributed by atoms with Crippen LogP contribution < -0.4 is 20.7 Å². The van der Waals surface area contributed by atoms with Crippen molar-refractivity contribution in [2.45, 2.75) is 160 Å². The molecular weight excluding hydrogens is 1200 g/mol. The smallest absolute Gasteiger partial charge is 0.173 e. The van der Waals surface area contributed by atoms with Crippen molar-refractivity contribution in [3.05, 3.63) is 206 Å². The number of anilines is 1. The highest BCUT2D eigenvalue weighted by atomic mass is 16.5. The number of phenols is 3. The van der Waals surface area contributed by atoms with E-state index in [2.05, 4.69) is 108 Å². The average molecular weight is 1300 g/mol. The minimum Gasteiger partial charge on any atom is -0.508 e. The Morgan fingerprint density at radius 3 is 2.34 bits per heavy atom. The molecular formula is C82H96N4O10. The molecule has 13 atom stereocenters. The first kappa shape index (κ1) is 67.8. The molecule has 1 aromatic heterocycles. The lowest BCUT2D eigenvalue weighted by Crippen LogP contribution is -2.40. The predicted molar refractivity (Wildman–Crippen MR) is 377 cm³/mol. The molecule has 0 amide bonds. The number of aromatic hydroxyl groups is 3. The zero-order chi connectivity index (χ0) is 67.1. The van der Waals surface area contributed by atoms with Crippen LogP contribution in [0, 0.1) is 53.3 Å². The number of fused-ring (bicyclic) bond motifs is 9. The van der Waals surface area contributed by atoms with Crippen LogP contribution in [0.1, 0.15) is 164 Å². The summed E-state index contributed by atoms with van der Waals surface area (Å²) in [7, 11) is 1.49. The quantitative estimate of drug-likeness (QED) is 0.0452. The lowest BCUT2D eigenvalue weighted by Gasteiger charge is -2.36. The number of nitrogens with one attached hydrogen (secondary N) is 4. The molecule has 9 bridgehead atoms. The van der Waals surface area contributed by atoms with E-state index in [-0.39, 0.29) is 78.5 Å². The van der Waals surface area contributed by atoms with E-state index in [0.29, 0.717) is 92.9 Å². The number of allylic oxidation sites excluding steroid dienone is 2. The van der Waals surface area contributed by atoms with Crippen molar-refractivity contribution in [3.8, 4) is 34.8 Å². The molecule has 3 heterocycles. The monoisotopic (exact) mass is 1300 g/mol. The van der Waals surface area contributed by atoms with Crippen molar-refractivity contribution < 1.29 is 50.1 Å². The number of hydrogen-bond donors (Lipinski definition) is 11. The van der Waals surface area contributed by atoms with Gasteiger partial charge in [0.05, 0.1) is 31.8 Å². The van der Waals surface area contributed by atoms with Gasteiger partial charge in [-0.3, -0.25) is 9.59 Å². The minimum atomic E-state index is -1.89. The van der Waals surface area contributed by atoms with Crippen LogP contribution in [0.4, 0.5) is 5.69 Å². The molecule has 7 aromatic rings. The summed E-state index contributed by atoms with van der Waals surface area (Å²) in [6, 6.07) is 37.9. The summed E-state index contributed by atoms with van der Waals surface area (Å²) in [6.45, 7) is 7.76. The zero-order valence-electron chi connectivity index (χ0n) is 56.0. The van der Waals surface area contributed by atoms with Gasteiger partial charge >= 0.3 is 0 Å². The maximum absolute atomic E-state index is 15.6. The summed E-state index contributed by atoms with van der Waals surface area (Å²) in [5, 5.41) is 93.5. The van der Waals surface area contributed by atoms with Gasteiger partial charge in [-0.2, -0.15) is 0 Å². The molecule has 12 rings (SSSR count). The van der Waals surface area contributed by atoms with Crippen molar-refractivity contribution in [2.24, 2.45) is 41.4 Å². The Bertz CT molecular complexity index is 4050. The van der Waals surface area contributed by atoms with E-state index in [1.54, 1.807) is 18.2 Å². The molecule has 13 unspecified atom stereocenters. The number of aliphatic hydroxyl groups is 4. The molecule has 14 nitrogen and oxygen atoms in total. The van der Waals surface area contributed by atoms with Crippen LogP contribution in [0.2, 0.25) is 0 Å². The van der Waals surface area contributed by atoms with Crippen LogP contribution in [-0.4, -0.2) is 97.4 Å². The molecule has 2 aliphatic heterocycles. The second-order valence-electron chi connectivity index (χ2n) is 28.5. The van der Waals surface area contributed by atoms with Crippen LogP contribution >= 0.6 is 0 Å². The standard InChI is InChI=1S/C82H96N4O10/c1-5-12-66-60-33-52(30-51-27-28-84-79(34-51)86-73-42-71-57(36-61(73)31-50-13-7-6-8-14-50)21-22-59(80(71)93)38-64(88)46-83-44-49(3)62-37-63(85-45-62)41-76(66)91)32-56-23-25-68(69-43-77(92)78(96-4)40-58(69)24-26-75(90)82(95)81(94)70(56)39-60)67-17-10-9-16-65(67)55-20-19-53(48(2)29-55)35-54-15-11-18-74(89)72(54)47-87/h6-11,13-18,21-22,27,34,36-37,40,42-43,45,48-49,52-53,55-56,60,64,66,68,70,76,82-89,91-93,95H,5,12,19-20,24,26,28-33,35,38-39,41,44,46-47H2,1-4H3. The van der Waals surface area contributed by atoms with Crippen molar-refractivity contribution in [3.63, 3.8) is 0 Å². The number of β-amino-alcohol motifs (C(OH)–C–C–N with tert-alkyl or cyclic N) is 1. The summed E-state index contributed by atoms with van der Waals surface area (Å²) >= 11 is 0. The van der Waals surface area contributed by atoms with E-state index in [1.165, 1.54) is 7.11 Å². The van der Waals surface area contributed by atoms with Gasteiger partial charge in [-0.05, 0) is 216 Å². The number of aromatic nitrogens is 1. The molecule has 11 N–H and O–H groups in total. The Morgan fingerprint density at radius 2 is 1.55 bits per heavy atom. The number of benzene rings is 6. The summed E-state index contributed by atoms with van der Waals surface area (Å²) in [4.78, 5) is 33.6. The van der Waals surface area contributed by atoms with Crippen LogP contribution in [0.3, 0.4) is 0 Å². The van der Waals surface area contributed by atoms with Crippen molar-refractivity contribution in [2.75, 3.05) is 32.1 Å². The highest BCUT2D eigenvalue weighted by Crippen LogP contribution is 2.49. The normalized spacial score (nSPS) is 26.9. The van der Waals surface area contributed by atoms with Gasteiger partial charge in [0.15, 0.2) is 29.2 Å². The Hall–Kier alpha value is -8.16. The van der Waals surface area contributed by atoms with E-state index in [0.717, 1.165) is 105 Å². The van der Waals surface area contributed by atoms with E-state index in [9.17, 15) is 40.5 Å². The van der Waals surface area contributed by atoms with E-state index < -0.39 is 47.6 Å². The highest BCUT2D eigenvalue weighted by Gasteiger charge is 2.44. The van der Waals surface area contributed by atoms with Gasteiger partial charge in [0.2, 0.25) is 0 Å². The number of aromatic amines is 1. The molecule has 504 valence electrons. The third-order valence-corrected chi connectivity index (χ3v) is 22.1. The number of Topliss-reactive ketones (excluding diaryl/α,β-unsaturated/α-hetero) is 2. The number of aryl methyl sites for hydroxylation is 1. The number of dihydropyridines is 1. The molecule has 2 saturated carbocycles. The fourth-order valence-corrected chi connectivity index (χ4v) is 16.8. The Kier molecular flexibility index (Phi) is 21.5. The molecule has 0 saturated heterocycles.